The van der Waals surface area contributed by atoms with Gasteiger partial charge in [0.1, 0.15) is 16.5 Å². The van der Waals surface area contributed by atoms with Crippen molar-refractivity contribution in [1.82, 2.24) is 9.97 Å². The molecule has 8 nitrogen and oxygen atoms in total. The third-order valence-corrected chi connectivity index (χ3v) is 6.42. The Morgan fingerprint density at radius 3 is 2.41 bits per heavy atom. The van der Waals surface area contributed by atoms with Gasteiger partial charge in [-0.3, -0.25) is 4.79 Å². The lowest BCUT2D eigenvalue weighted by Gasteiger charge is -2.37. The van der Waals surface area contributed by atoms with Crippen LogP contribution in [-0.4, -0.2) is 61.5 Å². The molecule has 34 heavy (non-hydrogen) atoms. The van der Waals surface area contributed by atoms with Gasteiger partial charge in [-0.1, -0.05) is 36.0 Å². The molecule has 0 bridgehead atoms. The number of thioether (sulfide) groups is 1. The number of nitrogens with zero attached hydrogens (tertiary/aromatic N) is 4. The van der Waals surface area contributed by atoms with Gasteiger partial charge in [0.15, 0.2) is 5.82 Å². The molecule has 0 spiro atoms. The number of aromatic nitrogens is 2. The van der Waals surface area contributed by atoms with Gasteiger partial charge in [0.25, 0.3) is 0 Å². The first kappa shape index (κ1) is 23.7. The molecule has 1 fully saturated rings. The van der Waals surface area contributed by atoms with Gasteiger partial charge in [-0.15, -0.1) is 0 Å². The number of hydrogen-bond acceptors (Lipinski definition) is 8. The first-order valence-corrected chi connectivity index (χ1v) is 12.3. The molecule has 1 aromatic heterocycles. The summed E-state index contributed by atoms with van der Waals surface area (Å²) in [5.74, 6) is 2.47. The lowest BCUT2D eigenvalue weighted by atomic mass is 10.2. The van der Waals surface area contributed by atoms with Crippen molar-refractivity contribution < 1.29 is 14.3 Å². The highest BCUT2D eigenvalue weighted by atomic mass is 32.2. The van der Waals surface area contributed by atoms with E-state index < -0.39 is 0 Å². The summed E-state index contributed by atoms with van der Waals surface area (Å²) in [4.78, 5) is 26.3. The van der Waals surface area contributed by atoms with Crippen molar-refractivity contribution in [3.63, 3.8) is 0 Å². The highest BCUT2D eigenvalue weighted by molar-refractivity contribution is 8.00. The highest BCUT2D eigenvalue weighted by Crippen LogP contribution is 2.31. The van der Waals surface area contributed by atoms with Crippen LogP contribution < -0.4 is 24.6 Å². The van der Waals surface area contributed by atoms with Gasteiger partial charge in [-0.25, -0.2) is 9.97 Å². The van der Waals surface area contributed by atoms with Crippen LogP contribution in [0.15, 0.2) is 66.0 Å². The Morgan fingerprint density at radius 2 is 1.65 bits per heavy atom. The van der Waals surface area contributed by atoms with E-state index in [2.05, 4.69) is 31.2 Å². The standard InChI is InChI=1S/C25H29N5O3S/c1-3-33-21-10-6-4-8-19(21)28-23(31)18-34-25-24(26-12-13-27-25)30-16-14-29(15-17-30)20-9-5-7-11-22(20)32-2/h4-13H,3,14-18H2,1-2H3,(H,28,31). The minimum absolute atomic E-state index is 0.116. The molecule has 178 valence electrons. The lowest BCUT2D eigenvalue weighted by molar-refractivity contribution is -0.113. The monoisotopic (exact) mass is 479 g/mol. The average Bonchev–Trinajstić information content (AvgIpc) is 2.89. The van der Waals surface area contributed by atoms with E-state index in [0.29, 0.717) is 18.0 Å². The van der Waals surface area contributed by atoms with Crippen LogP contribution in [0.3, 0.4) is 0 Å². The number of benzene rings is 2. The number of hydrogen-bond donors (Lipinski definition) is 1. The topological polar surface area (TPSA) is 79.8 Å². The van der Waals surface area contributed by atoms with E-state index in [0.717, 1.165) is 48.5 Å². The molecule has 0 atom stereocenters. The molecule has 3 aromatic rings. The molecule has 2 heterocycles. The number of para-hydroxylation sites is 4. The van der Waals surface area contributed by atoms with Gasteiger partial charge < -0.3 is 24.6 Å². The first-order valence-electron chi connectivity index (χ1n) is 11.3. The van der Waals surface area contributed by atoms with E-state index in [9.17, 15) is 4.79 Å². The maximum absolute atomic E-state index is 12.6. The molecule has 4 rings (SSSR count). The van der Waals surface area contributed by atoms with Crippen LogP contribution >= 0.6 is 11.8 Å². The number of carbonyl (C=O) groups excluding carboxylic acids is 1. The molecular formula is C25H29N5O3S. The van der Waals surface area contributed by atoms with Gasteiger partial charge in [0.2, 0.25) is 5.91 Å². The Morgan fingerprint density at radius 1 is 0.971 bits per heavy atom. The Balaban J connectivity index is 1.37. The second-order valence-corrected chi connectivity index (χ2v) is 8.56. The van der Waals surface area contributed by atoms with Crippen molar-refractivity contribution in [2.75, 3.05) is 60.8 Å². The fourth-order valence-electron chi connectivity index (χ4n) is 3.86. The predicted octanol–water partition coefficient (Wildman–Crippen LogP) is 3.94. The smallest absolute Gasteiger partial charge is 0.234 e. The van der Waals surface area contributed by atoms with Crippen LogP contribution in [0.25, 0.3) is 0 Å². The van der Waals surface area contributed by atoms with Gasteiger partial charge >= 0.3 is 0 Å². The highest BCUT2D eigenvalue weighted by Gasteiger charge is 2.23. The number of methoxy groups -OCH3 is 1. The summed E-state index contributed by atoms with van der Waals surface area (Å²) >= 11 is 1.39. The largest absolute Gasteiger partial charge is 0.495 e. The molecule has 1 saturated heterocycles. The molecule has 0 unspecified atom stereocenters. The maximum Gasteiger partial charge on any atom is 0.234 e. The van der Waals surface area contributed by atoms with E-state index in [1.165, 1.54) is 11.8 Å². The number of amides is 1. The third-order valence-electron chi connectivity index (χ3n) is 5.45. The zero-order valence-corrected chi connectivity index (χ0v) is 20.3. The Hall–Kier alpha value is -3.46. The maximum atomic E-state index is 12.6. The van der Waals surface area contributed by atoms with Gasteiger partial charge in [0, 0.05) is 38.6 Å². The van der Waals surface area contributed by atoms with E-state index in [-0.39, 0.29) is 11.7 Å². The van der Waals surface area contributed by atoms with Crippen molar-refractivity contribution >= 4 is 34.9 Å². The van der Waals surface area contributed by atoms with Crippen LogP contribution in [0.5, 0.6) is 11.5 Å². The molecule has 0 radical (unpaired) electrons. The molecule has 0 saturated carbocycles. The average molecular weight is 480 g/mol. The summed E-state index contributed by atoms with van der Waals surface area (Å²) < 4.78 is 11.1. The summed E-state index contributed by atoms with van der Waals surface area (Å²) in [5, 5.41) is 3.69. The summed E-state index contributed by atoms with van der Waals surface area (Å²) in [6, 6.07) is 15.5. The quantitative estimate of drug-likeness (QED) is 0.463. The molecule has 1 amide bonds. The van der Waals surface area contributed by atoms with Crippen LogP contribution in [0.1, 0.15) is 6.92 Å². The van der Waals surface area contributed by atoms with Crippen LogP contribution in [0.2, 0.25) is 0 Å². The summed E-state index contributed by atoms with van der Waals surface area (Å²) in [7, 11) is 1.70. The molecule has 9 heteroatoms. The number of piperazine rings is 1. The fourth-order valence-corrected chi connectivity index (χ4v) is 4.64. The molecular weight excluding hydrogens is 450 g/mol. The summed E-state index contributed by atoms with van der Waals surface area (Å²) in [6.07, 6.45) is 3.36. The van der Waals surface area contributed by atoms with E-state index in [4.69, 9.17) is 9.47 Å². The zero-order valence-electron chi connectivity index (χ0n) is 19.4. The third kappa shape index (κ3) is 5.72. The van der Waals surface area contributed by atoms with Crippen molar-refractivity contribution in [1.29, 1.82) is 0 Å². The number of nitrogens with one attached hydrogen (secondary N) is 1. The van der Waals surface area contributed by atoms with Crippen molar-refractivity contribution in [2.24, 2.45) is 0 Å². The van der Waals surface area contributed by atoms with Crippen LogP contribution in [0.4, 0.5) is 17.2 Å². The predicted molar refractivity (Wildman–Crippen MR) is 136 cm³/mol. The fraction of sp³-hybridized carbons (Fsp3) is 0.320. The number of carbonyl (C=O) groups is 1. The van der Waals surface area contributed by atoms with E-state index in [1.807, 2.05) is 49.4 Å². The lowest BCUT2D eigenvalue weighted by Crippen LogP contribution is -2.47. The normalized spacial score (nSPS) is 13.5. The molecule has 1 aliphatic rings. The van der Waals surface area contributed by atoms with Crippen molar-refractivity contribution in [3.05, 3.63) is 60.9 Å². The second kappa shape index (κ2) is 11.6. The van der Waals surface area contributed by atoms with Crippen molar-refractivity contribution in [2.45, 2.75) is 11.9 Å². The Kier molecular flexibility index (Phi) is 8.08. The Labute approximate surface area is 204 Å². The second-order valence-electron chi connectivity index (χ2n) is 7.60. The molecule has 0 aliphatic carbocycles. The van der Waals surface area contributed by atoms with Crippen molar-refractivity contribution in [3.8, 4) is 11.5 Å². The van der Waals surface area contributed by atoms with Crippen LogP contribution in [0, 0.1) is 0 Å². The summed E-state index contributed by atoms with van der Waals surface area (Å²) in [6.45, 7) is 5.75. The minimum atomic E-state index is -0.116. The molecule has 1 aliphatic heterocycles. The summed E-state index contributed by atoms with van der Waals surface area (Å²) in [5.41, 5.74) is 1.77. The number of ether oxygens (including phenoxy) is 2. The SMILES string of the molecule is CCOc1ccccc1NC(=O)CSc1nccnc1N1CCN(c2ccccc2OC)CC1. The first-order chi connectivity index (χ1) is 16.7. The van der Waals surface area contributed by atoms with E-state index in [1.54, 1.807) is 19.5 Å². The molecule has 2 aromatic carbocycles. The number of rotatable bonds is 9. The zero-order chi connectivity index (χ0) is 23.8. The van der Waals surface area contributed by atoms with Gasteiger partial charge in [-0.2, -0.15) is 0 Å². The minimum Gasteiger partial charge on any atom is -0.495 e. The Bertz CT molecular complexity index is 1110. The van der Waals surface area contributed by atoms with Gasteiger partial charge in [0.05, 0.1) is 30.8 Å². The van der Waals surface area contributed by atoms with E-state index >= 15 is 0 Å². The number of anilines is 3. The van der Waals surface area contributed by atoms with Crippen LogP contribution in [-0.2, 0) is 4.79 Å². The molecule has 1 N–H and O–H groups in total. The van der Waals surface area contributed by atoms with Gasteiger partial charge in [-0.05, 0) is 31.2 Å².